The van der Waals surface area contributed by atoms with E-state index in [1.807, 2.05) is 18.2 Å². The largest absolute Gasteiger partial charge is 0.330 e. The van der Waals surface area contributed by atoms with E-state index >= 15 is 0 Å². The molecule has 2 aromatic rings. The van der Waals surface area contributed by atoms with Crippen LogP contribution in [0.3, 0.4) is 0 Å². The van der Waals surface area contributed by atoms with Gasteiger partial charge in [-0.2, -0.15) is 0 Å². The fourth-order valence-electron chi connectivity index (χ4n) is 2.74. The summed E-state index contributed by atoms with van der Waals surface area (Å²) in [4.78, 5) is 18.6. The van der Waals surface area contributed by atoms with Crippen molar-refractivity contribution in [1.29, 1.82) is 0 Å². The van der Waals surface area contributed by atoms with Gasteiger partial charge < -0.3 is 4.90 Å². The van der Waals surface area contributed by atoms with Gasteiger partial charge in [-0.3, -0.25) is 9.78 Å². The van der Waals surface area contributed by atoms with Crippen molar-refractivity contribution in [3.05, 3.63) is 64.7 Å². The molecule has 1 atom stereocenters. The van der Waals surface area contributed by atoms with E-state index in [-0.39, 0.29) is 22.5 Å². The van der Waals surface area contributed by atoms with Crippen LogP contribution >= 0.6 is 11.6 Å². The lowest BCUT2D eigenvalue weighted by Crippen LogP contribution is -2.31. The second-order valence-corrected chi connectivity index (χ2v) is 5.42. The zero-order valence-corrected chi connectivity index (χ0v) is 12.1. The third-order valence-electron chi connectivity index (χ3n) is 3.72. The number of pyridine rings is 1. The van der Waals surface area contributed by atoms with E-state index in [0.29, 0.717) is 6.54 Å². The number of rotatable bonds is 2. The van der Waals surface area contributed by atoms with Crippen molar-refractivity contribution in [2.75, 3.05) is 6.54 Å². The lowest BCUT2D eigenvalue weighted by Gasteiger charge is -2.25. The maximum Gasteiger partial charge on any atom is 0.258 e. The number of benzene rings is 1. The van der Waals surface area contributed by atoms with Crippen LogP contribution < -0.4 is 0 Å². The van der Waals surface area contributed by atoms with Gasteiger partial charge in [0.15, 0.2) is 0 Å². The van der Waals surface area contributed by atoms with Gasteiger partial charge in [-0.1, -0.05) is 23.7 Å². The Balaban J connectivity index is 1.94. The first-order valence-electron chi connectivity index (χ1n) is 6.84. The summed E-state index contributed by atoms with van der Waals surface area (Å²) in [6, 6.07) is 9.77. The quantitative estimate of drug-likeness (QED) is 0.844. The zero-order valence-electron chi connectivity index (χ0n) is 11.3. The van der Waals surface area contributed by atoms with Gasteiger partial charge in [-0.05, 0) is 37.1 Å². The van der Waals surface area contributed by atoms with Gasteiger partial charge >= 0.3 is 0 Å². The molecule has 1 saturated heterocycles. The molecule has 1 aromatic heterocycles. The highest BCUT2D eigenvalue weighted by atomic mass is 35.5. The van der Waals surface area contributed by atoms with Crippen LogP contribution in [0.4, 0.5) is 4.39 Å². The van der Waals surface area contributed by atoms with Gasteiger partial charge in [0.2, 0.25) is 0 Å². The van der Waals surface area contributed by atoms with E-state index in [1.165, 1.54) is 18.2 Å². The maximum atomic E-state index is 13.9. The van der Waals surface area contributed by atoms with Crippen LogP contribution in [-0.2, 0) is 0 Å². The van der Waals surface area contributed by atoms with E-state index in [1.54, 1.807) is 11.1 Å². The fraction of sp³-hybridized carbons (Fsp3) is 0.250. The number of carbonyl (C=O) groups is 1. The highest BCUT2D eigenvalue weighted by Crippen LogP contribution is 2.33. The van der Waals surface area contributed by atoms with Crippen LogP contribution in [0.15, 0.2) is 42.6 Å². The van der Waals surface area contributed by atoms with Crippen LogP contribution in [0.2, 0.25) is 5.02 Å². The first-order valence-corrected chi connectivity index (χ1v) is 7.22. The summed E-state index contributed by atoms with van der Waals surface area (Å²) in [5.41, 5.74) is 0.776. The molecule has 1 fully saturated rings. The summed E-state index contributed by atoms with van der Waals surface area (Å²) >= 11 is 5.99. The monoisotopic (exact) mass is 304 g/mol. The standard InChI is InChI=1S/C16H14ClFN2O/c17-11-5-3-6-12(18)15(11)16(21)20-10-4-8-14(20)13-7-1-2-9-19-13/h1-3,5-7,9,14H,4,8,10H2. The number of hydrogen-bond acceptors (Lipinski definition) is 2. The van der Waals surface area contributed by atoms with E-state index < -0.39 is 5.82 Å². The molecule has 1 amide bonds. The molecule has 0 radical (unpaired) electrons. The normalized spacial score (nSPS) is 18.0. The Kier molecular flexibility index (Phi) is 3.88. The molecule has 1 aliphatic rings. The number of aromatic nitrogens is 1. The van der Waals surface area contributed by atoms with Crippen LogP contribution in [0.5, 0.6) is 0 Å². The highest BCUT2D eigenvalue weighted by molar-refractivity contribution is 6.33. The Bertz CT molecular complexity index is 642. The smallest absolute Gasteiger partial charge is 0.258 e. The second-order valence-electron chi connectivity index (χ2n) is 5.01. The van der Waals surface area contributed by atoms with Crippen LogP contribution in [0.1, 0.15) is 34.9 Å². The highest BCUT2D eigenvalue weighted by Gasteiger charge is 2.33. The van der Waals surface area contributed by atoms with Gasteiger partial charge in [0, 0.05) is 12.7 Å². The van der Waals surface area contributed by atoms with Crippen molar-refractivity contribution in [2.24, 2.45) is 0 Å². The Morgan fingerprint density at radius 1 is 1.29 bits per heavy atom. The molecular formula is C16H14ClFN2O. The predicted octanol–water partition coefficient (Wildman–Crippen LogP) is 3.85. The third-order valence-corrected chi connectivity index (χ3v) is 4.03. The van der Waals surface area contributed by atoms with Crippen molar-refractivity contribution in [2.45, 2.75) is 18.9 Å². The van der Waals surface area contributed by atoms with Crippen molar-refractivity contribution in [3.63, 3.8) is 0 Å². The van der Waals surface area contributed by atoms with Crippen molar-refractivity contribution < 1.29 is 9.18 Å². The van der Waals surface area contributed by atoms with E-state index in [0.717, 1.165) is 18.5 Å². The summed E-state index contributed by atoms with van der Waals surface area (Å²) in [5.74, 6) is -0.953. The van der Waals surface area contributed by atoms with E-state index in [4.69, 9.17) is 11.6 Å². The van der Waals surface area contributed by atoms with Gasteiger partial charge in [0.25, 0.3) is 5.91 Å². The summed E-state index contributed by atoms with van der Waals surface area (Å²) in [6.07, 6.45) is 3.40. The number of likely N-dealkylation sites (tertiary alicyclic amines) is 1. The lowest BCUT2D eigenvalue weighted by molar-refractivity contribution is 0.0728. The maximum absolute atomic E-state index is 13.9. The molecule has 0 aliphatic carbocycles. The minimum atomic E-state index is -0.584. The fourth-order valence-corrected chi connectivity index (χ4v) is 2.98. The number of halogens is 2. The van der Waals surface area contributed by atoms with Gasteiger partial charge in [-0.25, -0.2) is 4.39 Å². The van der Waals surface area contributed by atoms with Gasteiger partial charge in [0.05, 0.1) is 22.3 Å². The molecule has 21 heavy (non-hydrogen) atoms. The average molecular weight is 305 g/mol. The molecule has 0 saturated carbocycles. The number of amides is 1. The first kappa shape index (κ1) is 14.0. The molecule has 1 aromatic carbocycles. The molecule has 0 spiro atoms. The van der Waals surface area contributed by atoms with Gasteiger partial charge in [-0.15, -0.1) is 0 Å². The summed E-state index contributed by atoms with van der Waals surface area (Å²) in [6.45, 7) is 0.588. The summed E-state index contributed by atoms with van der Waals surface area (Å²) < 4.78 is 13.9. The van der Waals surface area contributed by atoms with Crippen molar-refractivity contribution in [1.82, 2.24) is 9.88 Å². The van der Waals surface area contributed by atoms with Crippen LogP contribution in [-0.4, -0.2) is 22.3 Å². The first-order chi connectivity index (χ1) is 10.2. The lowest BCUT2D eigenvalue weighted by atomic mass is 10.1. The Hall–Kier alpha value is -1.94. The topological polar surface area (TPSA) is 33.2 Å². The summed E-state index contributed by atoms with van der Waals surface area (Å²) in [5, 5.41) is 0.145. The van der Waals surface area contributed by atoms with E-state index in [9.17, 15) is 9.18 Å². The second kappa shape index (κ2) is 5.82. The SMILES string of the molecule is O=C(c1c(F)cccc1Cl)N1CCCC1c1ccccn1. The molecular weight excluding hydrogens is 291 g/mol. The molecule has 1 unspecified atom stereocenters. The van der Waals surface area contributed by atoms with Crippen molar-refractivity contribution in [3.8, 4) is 0 Å². The molecule has 0 bridgehead atoms. The molecule has 1 aliphatic heterocycles. The Morgan fingerprint density at radius 3 is 2.86 bits per heavy atom. The number of carbonyl (C=O) groups excluding carboxylic acids is 1. The summed E-state index contributed by atoms with van der Waals surface area (Å²) in [7, 11) is 0. The number of nitrogens with zero attached hydrogens (tertiary/aromatic N) is 2. The van der Waals surface area contributed by atoms with Crippen LogP contribution in [0.25, 0.3) is 0 Å². The van der Waals surface area contributed by atoms with E-state index in [2.05, 4.69) is 4.98 Å². The zero-order chi connectivity index (χ0) is 14.8. The molecule has 2 heterocycles. The average Bonchev–Trinajstić information content (AvgIpc) is 2.97. The Morgan fingerprint density at radius 2 is 2.14 bits per heavy atom. The minimum Gasteiger partial charge on any atom is -0.330 e. The van der Waals surface area contributed by atoms with Gasteiger partial charge in [0.1, 0.15) is 5.82 Å². The minimum absolute atomic E-state index is 0.0537. The molecule has 3 rings (SSSR count). The molecule has 3 nitrogen and oxygen atoms in total. The van der Waals surface area contributed by atoms with Crippen molar-refractivity contribution >= 4 is 17.5 Å². The predicted molar refractivity (Wildman–Crippen MR) is 78.7 cm³/mol. The molecule has 5 heteroatoms. The van der Waals surface area contributed by atoms with Crippen LogP contribution in [0, 0.1) is 5.82 Å². The Labute approximate surface area is 127 Å². The molecule has 108 valence electrons. The third kappa shape index (κ3) is 2.63. The number of hydrogen-bond donors (Lipinski definition) is 0. The molecule has 0 N–H and O–H groups in total.